The third-order valence-corrected chi connectivity index (χ3v) is 5.34. The molecule has 2 rings (SSSR count). The molecule has 0 saturated heterocycles. The molecular formula is C14H21NO3S. The highest BCUT2D eigenvalue weighted by Gasteiger charge is 2.19. The topological polar surface area (TPSA) is 69.4 Å². The highest BCUT2D eigenvalue weighted by atomic mass is 32.2. The number of sulfone groups is 1. The second-order valence-electron chi connectivity index (χ2n) is 4.94. The Balaban J connectivity index is 1.85. The van der Waals surface area contributed by atoms with E-state index in [0.29, 0.717) is 13.0 Å². The van der Waals surface area contributed by atoms with E-state index >= 15 is 0 Å². The molecule has 1 aliphatic rings. The lowest BCUT2D eigenvalue weighted by Gasteiger charge is -2.09. The van der Waals surface area contributed by atoms with Crippen molar-refractivity contribution in [1.82, 2.24) is 0 Å². The third-order valence-electron chi connectivity index (χ3n) is 3.55. The third kappa shape index (κ3) is 3.70. The van der Waals surface area contributed by atoms with Gasteiger partial charge in [0.25, 0.3) is 0 Å². The first-order valence-electron chi connectivity index (χ1n) is 6.73. The second kappa shape index (κ2) is 5.92. The Morgan fingerprint density at radius 1 is 1.42 bits per heavy atom. The number of hydrogen-bond donors (Lipinski definition) is 1. The van der Waals surface area contributed by atoms with Crippen molar-refractivity contribution >= 4 is 9.84 Å². The maximum atomic E-state index is 11.3. The van der Waals surface area contributed by atoms with Crippen molar-refractivity contribution in [3.8, 4) is 5.75 Å². The Labute approximate surface area is 114 Å². The fourth-order valence-electron chi connectivity index (χ4n) is 2.33. The summed E-state index contributed by atoms with van der Waals surface area (Å²) in [6, 6.07) is 6.11. The summed E-state index contributed by atoms with van der Waals surface area (Å²) < 4.78 is 28.3. The molecule has 0 aliphatic heterocycles. The molecule has 0 radical (unpaired) electrons. The summed E-state index contributed by atoms with van der Waals surface area (Å²) in [4.78, 5) is 0. The van der Waals surface area contributed by atoms with Crippen LogP contribution in [0.15, 0.2) is 18.2 Å². The van der Waals surface area contributed by atoms with E-state index in [-0.39, 0.29) is 17.5 Å². The van der Waals surface area contributed by atoms with Gasteiger partial charge in [-0.2, -0.15) is 0 Å². The number of hydrogen-bond acceptors (Lipinski definition) is 4. The van der Waals surface area contributed by atoms with Crippen LogP contribution in [0, 0.1) is 0 Å². The smallest absolute Gasteiger partial charge is 0.150 e. The van der Waals surface area contributed by atoms with Crippen molar-refractivity contribution < 1.29 is 13.2 Å². The first kappa shape index (κ1) is 14.3. The van der Waals surface area contributed by atoms with E-state index in [1.54, 1.807) is 6.92 Å². The molecule has 19 heavy (non-hydrogen) atoms. The first-order chi connectivity index (χ1) is 9.02. The Bertz CT molecular complexity index is 540. The average Bonchev–Trinajstić information content (AvgIpc) is 2.76. The summed E-state index contributed by atoms with van der Waals surface area (Å²) in [5.74, 6) is 1.20. The predicted molar refractivity (Wildman–Crippen MR) is 76.1 cm³/mol. The first-order valence-corrected chi connectivity index (χ1v) is 8.55. The van der Waals surface area contributed by atoms with Crippen molar-refractivity contribution in [3.05, 3.63) is 29.3 Å². The van der Waals surface area contributed by atoms with Gasteiger partial charge in [-0.3, -0.25) is 0 Å². The van der Waals surface area contributed by atoms with E-state index in [1.807, 2.05) is 18.2 Å². The van der Waals surface area contributed by atoms with Crippen molar-refractivity contribution in [3.63, 3.8) is 0 Å². The minimum absolute atomic E-state index is 0.152. The highest BCUT2D eigenvalue weighted by Crippen LogP contribution is 2.31. The quantitative estimate of drug-likeness (QED) is 0.809. The van der Waals surface area contributed by atoms with Gasteiger partial charge in [0, 0.05) is 11.8 Å². The van der Waals surface area contributed by atoms with Gasteiger partial charge in [-0.1, -0.05) is 13.0 Å². The number of benzene rings is 1. The molecule has 0 bridgehead atoms. The van der Waals surface area contributed by atoms with Crippen LogP contribution < -0.4 is 10.5 Å². The van der Waals surface area contributed by atoms with Crippen LogP contribution in [0.1, 0.15) is 36.9 Å². The van der Waals surface area contributed by atoms with Gasteiger partial charge in [0.2, 0.25) is 0 Å². The molecular weight excluding hydrogens is 262 g/mol. The van der Waals surface area contributed by atoms with E-state index in [2.05, 4.69) is 0 Å². The van der Waals surface area contributed by atoms with Crippen LogP contribution in [0.5, 0.6) is 5.75 Å². The maximum Gasteiger partial charge on any atom is 0.150 e. The average molecular weight is 283 g/mol. The van der Waals surface area contributed by atoms with Gasteiger partial charge < -0.3 is 10.5 Å². The Morgan fingerprint density at radius 3 is 2.95 bits per heavy atom. The van der Waals surface area contributed by atoms with Gasteiger partial charge in [0.05, 0.1) is 12.4 Å². The molecule has 4 nitrogen and oxygen atoms in total. The predicted octanol–water partition coefficient (Wildman–Crippen LogP) is 1.84. The monoisotopic (exact) mass is 283 g/mol. The SMILES string of the molecule is CCS(=O)(=O)CCCOc1ccc2c(c1)CC[C@H]2N. The van der Waals surface area contributed by atoms with E-state index in [1.165, 1.54) is 11.1 Å². The van der Waals surface area contributed by atoms with Gasteiger partial charge in [-0.15, -0.1) is 0 Å². The molecule has 1 aromatic rings. The van der Waals surface area contributed by atoms with Crippen LogP contribution in [-0.4, -0.2) is 26.5 Å². The molecule has 2 N–H and O–H groups in total. The molecule has 0 fully saturated rings. The molecule has 1 aliphatic carbocycles. The minimum atomic E-state index is -2.89. The van der Waals surface area contributed by atoms with Crippen LogP contribution in [0.2, 0.25) is 0 Å². The van der Waals surface area contributed by atoms with E-state index in [9.17, 15) is 8.42 Å². The van der Waals surface area contributed by atoms with Crippen LogP contribution in [0.3, 0.4) is 0 Å². The summed E-state index contributed by atoms with van der Waals surface area (Å²) in [6.45, 7) is 2.10. The van der Waals surface area contributed by atoms with Crippen LogP contribution in [0.25, 0.3) is 0 Å². The van der Waals surface area contributed by atoms with Crippen molar-refractivity contribution in [2.24, 2.45) is 5.73 Å². The van der Waals surface area contributed by atoms with Crippen molar-refractivity contribution in [1.29, 1.82) is 0 Å². The zero-order chi connectivity index (χ0) is 13.9. The largest absolute Gasteiger partial charge is 0.494 e. The summed E-state index contributed by atoms with van der Waals surface area (Å²) >= 11 is 0. The lowest BCUT2D eigenvalue weighted by Crippen LogP contribution is -2.12. The number of ether oxygens (including phenoxy) is 1. The van der Waals surface area contributed by atoms with Crippen LogP contribution in [0.4, 0.5) is 0 Å². The van der Waals surface area contributed by atoms with Crippen molar-refractivity contribution in [2.75, 3.05) is 18.1 Å². The number of nitrogens with two attached hydrogens (primary N) is 1. The Hall–Kier alpha value is -1.07. The maximum absolute atomic E-state index is 11.3. The van der Waals surface area contributed by atoms with Crippen LogP contribution >= 0.6 is 0 Å². The molecule has 0 spiro atoms. The molecule has 5 heteroatoms. The fourth-order valence-corrected chi connectivity index (χ4v) is 3.18. The number of rotatable bonds is 6. The molecule has 0 heterocycles. The highest BCUT2D eigenvalue weighted by molar-refractivity contribution is 7.91. The molecule has 0 amide bonds. The van der Waals surface area contributed by atoms with E-state index in [0.717, 1.165) is 18.6 Å². The Morgan fingerprint density at radius 2 is 2.21 bits per heavy atom. The molecule has 0 saturated carbocycles. The zero-order valence-corrected chi connectivity index (χ0v) is 12.1. The van der Waals surface area contributed by atoms with Gasteiger partial charge >= 0.3 is 0 Å². The normalized spacial score (nSPS) is 18.3. The summed E-state index contributed by atoms with van der Waals surface area (Å²) in [5.41, 5.74) is 8.44. The molecule has 0 unspecified atom stereocenters. The Kier molecular flexibility index (Phi) is 4.47. The number of fused-ring (bicyclic) bond motifs is 1. The van der Waals surface area contributed by atoms with Crippen molar-refractivity contribution in [2.45, 2.75) is 32.2 Å². The van der Waals surface area contributed by atoms with Gasteiger partial charge in [-0.25, -0.2) is 8.42 Å². The van der Waals surface area contributed by atoms with E-state index in [4.69, 9.17) is 10.5 Å². The van der Waals surface area contributed by atoms with Crippen LogP contribution in [-0.2, 0) is 16.3 Å². The second-order valence-corrected chi connectivity index (χ2v) is 7.42. The minimum Gasteiger partial charge on any atom is -0.494 e. The van der Waals surface area contributed by atoms with Gasteiger partial charge in [-0.05, 0) is 42.5 Å². The van der Waals surface area contributed by atoms with Gasteiger partial charge in [0.15, 0.2) is 0 Å². The molecule has 0 aromatic heterocycles. The fraction of sp³-hybridized carbons (Fsp3) is 0.571. The lowest BCUT2D eigenvalue weighted by molar-refractivity contribution is 0.317. The number of aryl methyl sites for hydroxylation is 1. The molecule has 1 atom stereocenters. The standard InChI is InChI=1S/C14H21NO3S/c1-2-19(16,17)9-3-8-18-12-5-6-13-11(10-12)4-7-14(13)15/h5-6,10,14H,2-4,7-9,15H2,1H3/t14-/m1/s1. The van der Waals surface area contributed by atoms with E-state index < -0.39 is 9.84 Å². The zero-order valence-electron chi connectivity index (χ0n) is 11.3. The molecule has 106 valence electrons. The summed E-state index contributed by atoms with van der Waals surface area (Å²) in [7, 11) is -2.89. The summed E-state index contributed by atoms with van der Waals surface area (Å²) in [6.07, 6.45) is 2.53. The lowest BCUT2D eigenvalue weighted by atomic mass is 10.1. The summed E-state index contributed by atoms with van der Waals surface area (Å²) in [5, 5.41) is 0. The molecule has 1 aromatic carbocycles. The van der Waals surface area contributed by atoms with Gasteiger partial charge in [0.1, 0.15) is 15.6 Å².